The molecule has 0 radical (unpaired) electrons. The lowest BCUT2D eigenvalue weighted by molar-refractivity contribution is 0.233. The molecule has 2 heterocycles. The average Bonchev–Trinajstić information content (AvgIpc) is 3.15. The number of rotatable bonds is 6. The molecule has 1 aromatic carbocycles. The summed E-state index contributed by atoms with van der Waals surface area (Å²) in [4.78, 5) is 8.65. The third-order valence-electron chi connectivity index (χ3n) is 3.60. The van der Waals surface area contributed by atoms with E-state index in [0.717, 1.165) is 5.69 Å². The van der Waals surface area contributed by atoms with Gasteiger partial charge in [0.2, 0.25) is 5.88 Å². The summed E-state index contributed by atoms with van der Waals surface area (Å²) >= 11 is 0. The lowest BCUT2D eigenvalue weighted by atomic mass is 10.2. The first-order valence-corrected chi connectivity index (χ1v) is 7.98. The van der Waals surface area contributed by atoms with Gasteiger partial charge in [-0.1, -0.05) is 12.1 Å². The number of hydrogen-bond acceptors (Lipinski definition) is 5. The van der Waals surface area contributed by atoms with Gasteiger partial charge in [0.15, 0.2) is 5.84 Å². The maximum Gasteiger partial charge on any atom is 0.225 e. The molecule has 0 bridgehead atoms. The predicted molar refractivity (Wildman–Crippen MR) is 93.6 cm³/mol. The smallest absolute Gasteiger partial charge is 0.225 e. The second-order valence-corrected chi connectivity index (χ2v) is 5.58. The maximum absolute atomic E-state index is 13.3. The fourth-order valence-electron chi connectivity index (χ4n) is 2.34. The van der Waals surface area contributed by atoms with E-state index in [-0.39, 0.29) is 30.7 Å². The van der Waals surface area contributed by atoms with Crippen molar-refractivity contribution < 1.29 is 18.8 Å². The van der Waals surface area contributed by atoms with Crippen LogP contribution < -0.4 is 10.2 Å². The molecule has 0 spiro atoms. The Labute approximate surface area is 149 Å². The van der Waals surface area contributed by atoms with E-state index >= 15 is 0 Å². The Morgan fingerprint density at radius 1 is 1.27 bits per heavy atom. The number of pyridine rings is 1. The highest BCUT2D eigenvalue weighted by atomic mass is 19.1. The van der Waals surface area contributed by atoms with Gasteiger partial charge < -0.3 is 9.15 Å². The summed E-state index contributed by atoms with van der Waals surface area (Å²) in [5.41, 5.74) is 3.98. The largest absolute Gasteiger partial charge is 0.472 e. The lowest BCUT2D eigenvalue weighted by Crippen LogP contribution is -2.22. The zero-order chi connectivity index (χ0) is 18.4. The molecular weight excluding hydrogens is 337 g/mol. The van der Waals surface area contributed by atoms with E-state index < -0.39 is 0 Å². The fourth-order valence-corrected chi connectivity index (χ4v) is 2.34. The summed E-state index contributed by atoms with van der Waals surface area (Å²) in [6, 6.07) is 13.2. The van der Waals surface area contributed by atoms with Gasteiger partial charge in [-0.3, -0.25) is 15.7 Å². The van der Waals surface area contributed by atoms with Crippen molar-refractivity contribution >= 4 is 5.84 Å². The molecule has 6 nitrogen and oxygen atoms in total. The summed E-state index contributed by atoms with van der Waals surface area (Å²) in [6.07, 6.45) is 1.55. The number of hydrogen-bond donors (Lipinski definition) is 2. The zero-order valence-corrected chi connectivity index (χ0v) is 14.1. The molecule has 26 heavy (non-hydrogen) atoms. The quantitative estimate of drug-likeness (QED) is 0.401. The monoisotopic (exact) mass is 355 g/mol. The van der Waals surface area contributed by atoms with Crippen molar-refractivity contribution in [3.63, 3.8) is 0 Å². The molecule has 134 valence electrons. The van der Waals surface area contributed by atoms with Crippen molar-refractivity contribution in [2.45, 2.75) is 20.1 Å². The molecule has 2 N–H and O–H groups in total. The molecule has 0 aliphatic rings. The number of hydroxylamine groups is 1. The van der Waals surface area contributed by atoms with E-state index in [2.05, 4.69) is 15.5 Å². The van der Waals surface area contributed by atoms with Crippen molar-refractivity contribution in [3.05, 3.63) is 83.2 Å². The third kappa shape index (κ3) is 4.46. The number of nitrogens with one attached hydrogen (secondary N) is 1. The molecular formula is C19H18FN3O3. The molecule has 0 unspecified atom stereocenters. The van der Waals surface area contributed by atoms with Crippen LogP contribution in [0.5, 0.6) is 5.88 Å². The van der Waals surface area contributed by atoms with E-state index in [4.69, 9.17) is 9.15 Å². The average molecular weight is 355 g/mol. The van der Waals surface area contributed by atoms with Crippen LogP contribution in [-0.4, -0.2) is 16.0 Å². The molecule has 0 aliphatic carbocycles. The summed E-state index contributed by atoms with van der Waals surface area (Å²) in [7, 11) is 0. The normalized spacial score (nSPS) is 11.4. The van der Waals surface area contributed by atoms with E-state index in [1.165, 1.54) is 12.1 Å². The van der Waals surface area contributed by atoms with Crippen LogP contribution in [0.3, 0.4) is 0 Å². The summed E-state index contributed by atoms with van der Waals surface area (Å²) in [6.45, 7) is 2.20. The first kappa shape index (κ1) is 17.6. The maximum atomic E-state index is 13.3. The number of aryl methyl sites for hydroxylation is 1. The Morgan fingerprint density at radius 3 is 2.88 bits per heavy atom. The van der Waals surface area contributed by atoms with Gasteiger partial charge in [0.05, 0.1) is 18.4 Å². The van der Waals surface area contributed by atoms with Crippen LogP contribution in [0.15, 0.2) is 64.2 Å². The predicted octanol–water partition coefficient (Wildman–Crippen LogP) is 3.63. The topological polar surface area (TPSA) is 79.9 Å². The molecule has 3 rings (SSSR count). The van der Waals surface area contributed by atoms with Crippen molar-refractivity contribution in [2.24, 2.45) is 4.99 Å². The first-order chi connectivity index (χ1) is 12.7. The van der Waals surface area contributed by atoms with E-state index in [0.29, 0.717) is 16.9 Å². The van der Waals surface area contributed by atoms with Crippen molar-refractivity contribution in [1.29, 1.82) is 0 Å². The number of ether oxygens (including phenoxy) is 1. The molecule has 0 saturated carbocycles. The minimum Gasteiger partial charge on any atom is -0.472 e. The number of aromatic nitrogens is 1. The van der Waals surface area contributed by atoms with Gasteiger partial charge in [-0.05, 0) is 48.9 Å². The van der Waals surface area contributed by atoms with E-state index in [1.54, 1.807) is 42.7 Å². The Morgan fingerprint density at radius 2 is 2.15 bits per heavy atom. The standard InChI is InChI=1S/C19H18FN3O3/c1-13-7-8-17(18(23-24)21-11-16-6-3-9-25-16)19(22-13)26-12-14-4-2-5-15(20)10-14/h2-10,24H,11-12H2,1H3,(H,21,23). The van der Waals surface area contributed by atoms with Crippen LogP contribution >= 0.6 is 0 Å². The second kappa shape index (κ2) is 8.26. The first-order valence-electron chi connectivity index (χ1n) is 7.98. The van der Waals surface area contributed by atoms with Crippen molar-refractivity contribution in [1.82, 2.24) is 10.5 Å². The number of aliphatic imine (C=N–C) groups is 1. The Kier molecular flexibility index (Phi) is 5.60. The summed E-state index contributed by atoms with van der Waals surface area (Å²) in [5.74, 6) is 0.804. The van der Waals surface area contributed by atoms with Crippen LogP contribution in [-0.2, 0) is 13.2 Å². The van der Waals surface area contributed by atoms with E-state index in [9.17, 15) is 9.60 Å². The second-order valence-electron chi connectivity index (χ2n) is 5.58. The highest BCUT2D eigenvalue weighted by molar-refractivity contribution is 5.99. The summed E-state index contributed by atoms with van der Waals surface area (Å²) < 4.78 is 24.3. The Hall–Kier alpha value is -3.19. The summed E-state index contributed by atoms with van der Waals surface area (Å²) in [5, 5.41) is 9.48. The van der Waals surface area contributed by atoms with Gasteiger partial charge in [0, 0.05) is 5.69 Å². The number of furan rings is 1. The van der Waals surface area contributed by atoms with Crippen molar-refractivity contribution in [2.75, 3.05) is 0 Å². The van der Waals surface area contributed by atoms with Crippen molar-refractivity contribution in [3.8, 4) is 5.88 Å². The lowest BCUT2D eigenvalue weighted by Gasteiger charge is -2.12. The number of nitrogens with zero attached hydrogens (tertiary/aromatic N) is 2. The molecule has 7 heteroatoms. The number of halogens is 1. The minimum atomic E-state index is -0.332. The fraction of sp³-hybridized carbons (Fsp3) is 0.158. The Balaban J connectivity index is 1.83. The van der Waals surface area contributed by atoms with Gasteiger partial charge in [-0.15, -0.1) is 0 Å². The SMILES string of the molecule is Cc1ccc(C(=NCc2ccco2)NO)c(OCc2cccc(F)c2)n1. The Bertz CT molecular complexity index is 895. The molecule has 0 atom stereocenters. The van der Waals surface area contributed by atoms with Crippen LogP contribution in [0, 0.1) is 12.7 Å². The van der Waals surface area contributed by atoms with Crippen LogP contribution in [0.1, 0.15) is 22.6 Å². The van der Waals surface area contributed by atoms with Gasteiger partial charge >= 0.3 is 0 Å². The molecule has 3 aromatic rings. The molecule has 0 amide bonds. The molecule has 0 aliphatic heterocycles. The molecule has 0 saturated heterocycles. The highest BCUT2D eigenvalue weighted by Crippen LogP contribution is 2.19. The van der Waals surface area contributed by atoms with Gasteiger partial charge in [-0.25, -0.2) is 9.37 Å². The van der Waals surface area contributed by atoms with Gasteiger partial charge in [0.25, 0.3) is 0 Å². The number of benzene rings is 1. The molecule has 2 aromatic heterocycles. The van der Waals surface area contributed by atoms with Crippen LogP contribution in [0.2, 0.25) is 0 Å². The number of amidine groups is 1. The van der Waals surface area contributed by atoms with Gasteiger partial charge in [0.1, 0.15) is 18.2 Å². The van der Waals surface area contributed by atoms with Gasteiger partial charge in [-0.2, -0.15) is 0 Å². The molecule has 0 fully saturated rings. The zero-order valence-electron chi connectivity index (χ0n) is 14.1. The van der Waals surface area contributed by atoms with Crippen LogP contribution in [0.4, 0.5) is 4.39 Å². The highest BCUT2D eigenvalue weighted by Gasteiger charge is 2.13. The minimum absolute atomic E-state index is 0.137. The van der Waals surface area contributed by atoms with Crippen LogP contribution in [0.25, 0.3) is 0 Å². The third-order valence-corrected chi connectivity index (χ3v) is 3.60. The van der Waals surface area contributed by atoms with E-state index in [1.807, 2.05) is 6.92 Å².